The molecule has 0 aromatic rings. The Bertz CT molecular complexity index is 505. The summed E-state index contributed by atoms with van der Waals surface area (Å²) in [6, 6.07) is 0. The number of rotatable bonds is 2. The van der Waals surface area contributed by atoms with Crippen molar-refractivity contribution in [2.45, 2.75) is 83.1 Å². The van der Waals surface area contributed by atoms with Crippen LogP contribution in [0.25, 0.3) is 0 Å². The van der Waals surface area contributed by atoms with Gasteiger partial charge in [0.15, 0.2) is 11.6 Å². The second kappa shape index (κ2) is 10.6. The summed E-state index contributed by atoms with van der Waals surface area (Å²) in [7, 11) is 0. The van der Waals surface area contributed by atoms with Crippen LogP contribution in [0.1, 0.15) is 83.1 Å². The molecule has 0 aromatic heterocycles. The molecular weight excluding hydrogens is 394 g/mol. The molecule has 0 aromatic carbocycles. The molecule has 0 aliphatic rings. The van der Waals surface area contributed by atoms with Crippen LogP contribution in [0.15, 0.2) is 23.7 Å². The van der Waals surface area contributed by atoms with Gasteiger partial charge in [0.1, 0.15) is 0 Å². The zero-order valence-corrected chi connectivity index (χ0v) is 22.5. The second-order valence-electron chi connectivity index (χ2n) is 10.7. The summed E-state index contributed by atoms with van der Waals surface area (Å²) >= 11 is 0. The van der Waals surface area contributed by atoms with E-state index in [0.29, 0.717) is 0 Å². The fourth-order valence-corrected chi connectivity index (χ4v) is 1.10. The third-order valence-corrected chi connectivity index (χ3v) is 3.48. The molecule has 0 rings (SSSR count). The van der Waals surface area contributed by atoms with Crippen molar-refractivity contribution in [1.82, 2.24) is 0 Å². The molecule has 0 bridgehead atoms. The fraction of sp³-hybridized carbons (Fsp3) is 0.727. The van der Waals surface area contributed by atoms with Crippen LogP contribution in [0.4, 0.5) is 0 Å². The number of hydrogen-bond acceptors (Lipinski definition) is 4. The number of allylic oxidation sites excluding steroid dienone is 4. The summed E-state index contributed by atoms with van der Waals surface area (Å²) in [5.74, 6) is -0.417. The van der Waals surface area contributed by atoms with Gasteiger partial charge in [-0.15, -0.1) is 11.5 Å². The van der Waals surface area contributed by atoms with Crippen molar-refractivity contribution in [2.24, 2.45) is 21.7 Å². The first-order valence-electron chi connectivity index (χ1n) is 8.97. The Morgan fingerprint density at radius 2 is 0.704 bits per heavy atom. The Morgan fingerprint density at radius 3 is 0.815 bits per heavy atom. The van der Waals surface area contributed by atoms with Gasteiger partial charge in [-0.3, -0.25) is 9.59 Å². The minimum atomic E-state index is -0.457. The topological polar surface area (TPSA) is 80.3 Å². The molecule has 0 aliphatic carbocycles. The minimum Gasteiger partial charge on any atom is -0.875 e. The van der Waals surface area contributed by atoms with E-state index in [-0.39, 0.29) is 42.6 Å². The third kappa shape index (κ3) is 13.8. The molecule has 4 nitrogen and oxygen atoms in total. The van der Waals surface area contributed by atoms with E-state index in [1.807, 2.05) is 83.1 Å². The summed E-state index contributed by atoms with van der Waals surface area (Å²) in [5, 5.41) is 22.9. The van der Waals surface area contributed by atoms with E-state index >= 15 is 0 Å². The quantitative estimate of drug-likeness (QED) is 0.378. The van der Waals surface area contributed by atoms with E-state index in [1.165, 1.54) is 12.2 Å². The first-order chi connectivity index (χ1) is 11.1. The normalized spacial score (nSPS) is 13.9. The Balaban J connectivity index is -0.000000411. The van der Waals surface area contributed by atoms with Crippen LogP contribution in [-0.4, -0.2) is 11.6 Å². The van der Waals surface area contributed by atoms with Gasteiger partial charge < -0.3 is 10.2 Å². The van der Waals surface area contributed by atoms with E-state index in [1.54, 1.807) is 0 Å². The summed E-state index contributed by atoms with van der Waals surface area (Å²) in [5.41, 5.74) is -1.83. The first-order valence-corrected chi connectivity index (χ1v) is 8.97. The van der Waals surface area contributed by atoms with E-state index < -0.39 is 21.7 Å². The second-order valence-corrected chi connectivity index (χ2v) is 10.7. The summed E-state index contributed by atoms with van der Waals surface area (Å²) in [6.07, 6.45) is 2.44. The van der Waals surface area contributed by atoms with Crippen LogP contribution in [0.3, 0.4) is 0 Å². The zero-order chi connectivity index (χ0) is 21.7. The van der Waals surface area contributed by atoms with E-state index in [0.717, 1.165) is 0 Å². The molecule has 0 amide bonds. The maximum absolute atomic E-state index is 11.4. The largest absolute Gasteiger partial charge is 2.00 e. The van der Waals surface area contributed by atoms with E-state index in [2.05, 4.69) is 0 Å². The molecule has 0 atom stereocenters. The Morgan fingerprint density at radius 1 is 0.519 bits per heavy atom. The van der Waals surface area contributed by atoms with Gasteiger partial charge in [-0.1, -0.05) is 83.1 Å². The van der Waals surface area contributed by atoms with Crippen LogP contribution in [-0.2, 0) is 29.1 Å². The van der Waals surface area contributed by atoms with E-state index in [9.17, 15) is 19.8 Å². The molecule has 0 saturated carbocycles. The predicted molar refractivity (Wildman–Crippen MR) is 104 cm³/mol. The molecule has 152 valence electrons. The van der Waals surface area contributed by atoms with Crippen LogP contribution in [0.5, 0.6) is 0 Å². The molecule has 0 fully saturated rings. The maximum atomic E-state index is 11.4. The Labute approximate surface area is 179 Å². The zero-order valence-electron chi connectivity index (χ0n) is 19.5. The number of hydrogen-bond donors (Lipinski definition) is 0. The van der Waals surface area contributed by atoms with Gasteiger partial charge in [-0.25, -0.2) is 0 Å². The molecule has 0 radical (unpaired) electrons. The van der Waals surface area contributed by atoms with Crippen molar-refractivity contribution in [3.05, 3.63) is 23.7 Å². The van der Waals surface area contributed by atoms with Gasteiger partial charge in [-0.2, -0.15) is 0 Å². The Kier molecular flexibility index (Phi) is 12.0. The number of carbonyl (C=O) groups is 2. The van der Waals surface area contributed by atoms with Gasteiger partial charge in [0.05, 0.1) is 0 Å². The molecule has 0 aliphatic heterocycles. The van der Waals surface area contributed by atoms with E-state index in [4.69, 9.17) is 0 Å². The molecule has 5 heteroatoms. The first kappa shape index (κ1) is 30.8. The standard InChI is InChI=1S/2C11H20O2.Zn/c2*1-10(2,3)8(12)7-9(13)11(4,5)6;/h2*7,12H,1-6H3;/q;;+2/p-2/b2*8-7+;. The molecule has 0 unspecified atom stereocenters. The molecular formula is C22H38O4Zn. The minimum absolute atomic E-state index is 0. The third-order valence-electron chi connectivity index (χ3n) is 3.48. The maximum Gasteiger partial charge on any atom is 2.00 e. The summed E-state index contributed by atoms with van der Waals surface area (Å²) in [6.45, 7) is 21.7. The van der Waals surface area contributed by atoms with Gasteiger partial charge in [0.25, 0.3) is 0 Å². The van der Waals surface area contributed by atoms with Gasteiger partial charge in [0, 0.05) is 10.8 Å². The van der Waals surface area contributed by atoms with Crippen LogP contribution >= 0.6 is 0 Å². The molecule has 0 spiro atoms. The van der Waals surface area contributed by atoms with Crippen LogP contribution in [0.2, 0.25) is 0 Å². The molecule has 0 saturated heterocycles. The predicted octanol–water partition coefficient (Wildman–Crippen LogP) is 3.78. The molecule has 0 N–H and O–H groups in total. The van der Waals surface area contributed by atoms with Gasteiger partial charge in [-0.05, 0) is 23.0 Å². The summed E-state index contributed by atoms with van der Waals surface area (Å²) in [4.78, 5) is 22.9. The molecule has 27 heavy (non-hydrogen) atoms. The molecule has 0 heterocycles. The van der Waals surface area contributed by atoms with Gasteiger partial charge >= 0.3 is 19.5 Å². The van der Waals surface area contributed by atoms with Crippen LogP contribution < -0.4 is 10.2 Å². The van der Waals surface area contributed by atoms with Crippen LogP contribution in [0, 0.1) is 21.7 Å². The van der Waals surface area contributed by atoms with Crippen molar-refractivity contribution in [3.63, 3.8) is 0 Å². The van der Waals surface area contributed by atoms with Crippen molar-refractivity contribution >= 4 is 11.6 Å². The van der Waals surface area contributed by atoms with Gasteiger partial charge in [0.2, 0.25) is 0 Å². The van der Waals surface area contributed by atoms with Crippen molar-refractivity contribution in [1.29, 1.82) is 0 Å². The number of ketones is 2. The fourth-order valence-electron chi connectivity index (χ4n) is 1.10. The van der Waals surface area contributed by atoms with Crippen molar-refractivity contribution in [2.75, 3.05) is 0 Å². The average molecular weight is 432 g/mol. The SMILES string of the molecule is CC(C)(C)C(=O)/C=C(/[O-])C(C)(C)C.CC(C)(C)C(=O)/C=C(/[O-])C(C)(C)C.[Zn+2]. The smallest absolute Gasteiger partial charge is 0.875 e. The monoisotopic (exact) mass is 430 g/mol. The summed E-state index contributed by atoms with van der Waals surface area (Å²) < 4.78 is 0. The number of carbonyl (C=O) groups excluding carboxylic acids is 2. The van der Waals surface area contributed by atoms with Crippen molar-refractivity contribution < 1.29 is 39.3 Å². The van der Waals surface area contributed by atoms with Crippen molar-refractivity contribution in [3.8, 4) is 0 Å². The average Bonchev–Trinajstić information content (AvgIpc) is 2.34. The Hall–Kier alpha value is -0.957.